The van der Waals surface area contributed by atoms with Gasteiger partial charge in [-0.2, -0.15) is 0 Å². The average molecular weight is 303 g/mol. The van der Waals surface area contributed by atoms with Gasteiger partial charge in [-0.15, -0.1) is 0 Å². The van der Waals surface area contributed by atoms with Crippen molar-refractivity contribution in [1.29, 1.82) is 0 Å². The number of benzene rings is 1. The van der Waals surface area contributed by atoms with Crippen molar-refractivity contribution in [1.82, 2.24) is 4.90 Å². The summed E-state index contributed by atoms with van der Waals surface area (Å²) < 4.78 is 13.5. The summed E-state index contributed by atoms with van der Waals surface area (Å²) in [6.45, 7) is 3.14. The Morgan fingerprint density at radius 1 is 1.40 bits per heavy atom. The zero-order valence-corrected chi connectivity index (χ0v) is 11.9. The highest BCUT2D eigenvalue weighted by atomic mass is 35.5. The first-order valence-electron chi connectivity index (χ1n) is 6.00. The number of amides is 1. The van der Waals surface area contributed by atoms with E-state index in [4.69, 9.17) is 16.7 Å². The van der Waals surface area contributed by atoms with Gasteiger partial charge in [-0.3, -0.25) is 14.5 Å². The third kappa shape index (κ3) is 5.14. The summed E-state index contributed by atoms with van der Waals surface area (Å²) in [6, 6.07) is 3.69. The van der Waals surface area contributed by atoms with E-state index in [0.717, 1.165) is 6.07 Å². The van der Waals surface area contributed by atoms with Crippen LogP contribution in [-0.4, -0.2) is 41.0 Å². The topological polar surface area (TPSA) is 69.6 Å². The van der Waals surface area contributed by atoms with E-state index in [1.807, 2.05) is 0 Å². The fourth-order valence-corrected chi connectivity index (χ4v) is 1.73. The number of hydrogen-bond acceptors (Lipinski definition) is 3. The van der Waals surface area contributed by atoms with Crippen LogP contribution in [0.5, 0.6) is 0 Å². The van der Waals surface area contributed by atoms with Gasteiger partial charge in [0.05, 0.1) is 18.8 Å². The first-order chi connectivity index (χ1) is 9.29. The zero-order chi connectivity index (χ0) is 15.3. The Balaban J connectivity index is 2.70. The van der Waals surface area contributed by atoms with Crippen molar-refractivity contribution in [3.8, 4) is 0 Å². The normalized spacial score (nSPS) is 10.9. The van der Waals surface area contributed by atoms with Gasteiger partial charge >= 0.3 is 5.97 Å². The number of carbonyl (C=O) groups is 2. The molecule has 0 aliphatic rings. The van der Waals surface area contributed by atoms with Gasteiger partial charge in [-0.05, 0) is 32.0 Å². The fourth-order valence-electron chi connectivity index (χ4n) is 1.56. The minimum atomic E-state index is -1.03. The van der Waals surface area contributed by atoms with Crippen molar-refractivity contribution in [3.63, 3.8) is 0 Å². The predicted molar refractivity (Wildman–Crippen MR) is 74.4 cm³/mol. The van der Waals surface area contributed by atoms with E-state index in [-0.39, 0.29) is 24.8 Å². The van der Waals surface area contributed by atoms with Crippen LogP contribution >= 0.6 is 11.6 Å². The molecular weight excluding hydrogens is 287 g/mol. The molecule has 1 rings (SSSR count). The minimum Gasteiger partial charge on any atom is -0.480 e. The maximum Gasteiger partial charge on any atom is 0.317 e. The van der Waals surface area contributed by atoms with E-state index < -0.39 is 17.7 Å². The third-order valence-electron chi connectivity index (χ3n) is 2.62. The van der Waals surface area contributed by atoms with Gasteiger partial charge in [0.15, 0.2) is 0 Å². The van der Waals surface area contributed by atoms with Gasteiger partial charge in [0.25, 0.3) is 0 Å². The van der Waals surface area contributed by atoms with Crippen LogP contribution in [0.25, 0.3) is 0 Å². The number of rotatable bonds is 6. The highest BCUT2D eigenvalue weighted by Gasteiger charge is 2.17. The number of nitrogens with one attached hydrogen (secondary N) is 1. The van der Waals surface area contributed by atoms with E-state index in [0.29, 0.717) is 5.02 Å². The number of halogens is 2. The summed E-state index contributed by atoms with van der Waals surface area (Å²) in [6.07, 6.45) is 0. The number of nitrogens with zero attached hydrogens (tertiary/aromatic N) is 1. The minimum absolute atomic E-state index is 0.0264. The molecule has 0 bridgehead atoms. The molecule has 0 unspecified atom stereocenters. The standard InChI is InChI=1S/C13H16ClFN2O3/c1-8(2)17(7-13(19)20)6-12(18)16-11-5-9(14)3-4-10(11)15/h3-5,8H,6-7H2,1-2H3,(H,16,18)(H,19,20). The summed E-state index contributed by atoms with van der Waals surface area (Å²) in [5.74, 6) is -2.13. The molecule has 0 fully saturated rings. The lowest BCUT2D eigenvalue weighted by Crippen LogP contribution is -2.41. The molecule has 0 spiro atoms. The Morgan fingerprint density at radius 3 is 2.60 bits per heavy atom. The van der Waals surface area contributed by atoms with E-state index in [1.54, 1.807) is 13.8 Å². The molecule has 7 heteroatoms. The van der Waals surface area contributed by atoms with Gasteiger partial charge < -0.3 is 10.4 Å². The average Bonchev–Trinajstić information content (AvgIpc) is 2.32. The van der Waals surface area contributed by atoms with Crippen molar-refractivity contribution in [2.24, 2.45) is 0 Å². The molecule has 0 radical (unpaired) electrons. The highest BCUT2D eigenvalue weighted by molar-refractivity contribution is 6.30. The molecular formula is C13H16ClFN2O3. The van der Waals surface area contributed by atoms with E-state index in [2.05, 4.69) is 5.32 Å². The first kappa shape index (κ1) is 16.4. The quantitative estimate of drug-likeness (QED) is 0.845. The molecule has 0 saturated heterocycles. The second-order valence-electron chi connectivity index (χ2n) is 4.56. The molecule has 0 aliphatic carbocycles. The SMILES string of the molecule is CC(C)N(CC(=O)O)CC(=O)Nc1cc(Cl)ccc1F. The van der Waals surface area contributed by atoms with Crippen LogP contribution in [0.3, 0.4) is 0 Å². The van der Waals surface area contributed by atoms with Crippen molar-refractivity contribution in [2.75, 3.05) is 18.4 Å². The maximum atomic E-state index is 13.5. The summed E-state index contributed by atoms with van der Waals surface area (Å²) in [7, 11) is 0. The second kappa shape index (κ2) is 7.21. The van der Waals surface area contributed by atoms with Crippen molar-refractivity contribution >= 4 is 29.2 Å². The van der Waals surface area contributed by atoms with E-state index in [9.17, 15) is 14.0 Å². The number of anilines is 1. The molecule has 1 aromatic rings. The van der Waals surface area contributed by atoms with Gasteiger partial charge in [-0.25, -0.2) is 4.39 Å². The van der Waals surface area contributed by atoms with Crippen LogP contribution in [0.1, 0.15) is 13.8 Å². The Bertz CT molecular complexity index is 508. The van der Waals surface area contributed by atoms with Crippen LogP contribution in [0.2, 0.25) is 5.02 Å². The largest absolute Gasteiger partial charge is 0.480 e. The molecule has 110 valence electrons. The molecule has 1 amide bonds. The van der Waals surface area contributed by atoms with Crippen molar-refractivity contribution in [3.05, 3.63) is 29.0 Å². The molecule has 1 aromatic carbocycles. The van der Waals surface area contributed by atoms with Crippen LogP contribution in [0.15, 0.2) is 18.2 Å². The molecule has 2 N–H and O–H groups in total. The summed E-state index contributed by atoms with van der Waals surface area (Å²) in [5, 5.41) is 11.4. The number of hydrogen-bond donors (Lipinski definition) is 2. The highest BCUT2D eigenvalue weighted by Crippen LogP contribution is 2.19. The number of carbonyl (C=O) groups excluding carboxylic acids is 1. The first-order valence-corrected chi connectivity index (χ1v) is 6.38. The Labute approximate surface area is 121 Å². The lowest BCUT2D eigenvalue weighted by atomic mass is 10.3. The Hall–Kier alpha value is -1.66. The summed E-state index contributed by atoms with van der Waals surface area (Å²) >= 11 is 5.72. The van der Waals surface area contributed by atoms with Crippen LogP contribution in [0.4, 0.5) is 10.1 Å². The van der Waals surface area contributed by atoms with Crippen LogP contribution in [0, 0.1) is 5.82 Å². The van der Waals surface area contributed by atoms with E-state index in [1.165, 1.54) is 17.0 Å². The number of carboxylic acid groups (broad SMARTS) is 1. The molecule has 0 aliphatic heterocycles. The predicted octanol–water partition coefficient (Wildman–Crippen LogP) is 2.21. The molecule has 0 atom stereocenters. The van der Waals surface area contributed by atoms with Crippen LogP contribution < -0.4 is 5.32 Å². The third-order valence-corrected chi connectivity index (χ3v) is 2.85. The zero-order valence-electron chi connectivity index (χ0n) is 11.2. The van der Waals surface area contributed by atoms with Gasteiger partial charge in [-0.1, -0.05) is 11.6 Å². The summed E-state index contributed by atoms with van der Waals surface area (Å²) in [4.78, 5) is 24.0. The maximum absolute atomic E-state index is 13.5. The lowest BCUT2D eigenvalue weighted by molar-refractivity contribution is -0.139. The smallest absolute Gasteiger partial charge is 0.317 e. The van der Waals surface area contributed by atoms with E-state index >= 15 is 0 Å². The van der Waals surface area contributed by atoms with Gasteiger partial charge in [0.1, 0.15) is 5.82 Å². The molecule has 5 nitrogen and oxygen atoms in total. The molecule has 0 saturated carbocycles. The van der Waals surface area contributed by atoms with Gasteiger partial charge in [0, 0.05) is 11.1 Å². The van der Waals surface area contributed by atoms with Crippen molar-refractivity contribution in [2.45, 2.75) is 19.9 Å². The second-order valence-corrected chi connectivity index (χ2v) is 5.00. The molecule has 20 heavy (non-hydrogen) atoms. The molecule has 0 heterocycles. The fraction of sp³-hybridized carbons (Fsp3) is 0.385. The lowest BCUT2D eigenvalue weighted by Gasteiger charge is -2.23. The van der Waals surface area contributed by atoms with Gasteiger partial charge in [0.2, 0.25) is 5.91 Å². The number of aliphatic carboxylic acids is 1. The monoisotopic (exact) mass is 302 g/mol. The Morgan fingerprint density at radius 2 is 2.05 bits per heavy atom. The number of carboxylic acids is 1. The Kier molecular flexibility index (Phi) is 5.91. The molecule has 0 aromatic heterocycles. The summed E-state index contributed by atoms with van der Waals surface area (Å²) in [5.41, 5.74) is -0.0264. The van der Waals surface area contributed by atoms with Crippen LogP contribution in [-0.2, 0) is 9.59 Å². The van der Waals surface area contributed by atoms with Crippen molar-refractivity contribution < 1.29 is 19.1 Å².